The maximum absolute atomic E-state index is 14.0. The van der Waals surface area contributed by atoms with Crippen molar-refractivity contribution in [3.05, 3.63) is 71.8 Å². The molecule has 1 fully saturated rings. The maximum Gasteiger partial charge on any atom is 0.249 e. The van der Waals surface area contributed by atoms with Crippen LogP contribution in [0.4, 0.5) is 8.78 Å². The molecule has 3 aromatic rings. The predicted octanol–water partition coefficient (Wildman–Crippen LogP) is 3.39. The molecule has 0 aliphatic carbocycles. The first kappa shape index (κ1) is 23.1. The standard InChI is InChI=1S/C23H23F2N3O4S/c1-16-5-7-17(8-6-16)20-15-26-21(32-20)9-10-22(29)27-11-13-28(14-12-27)33(30,31)23-18(24)3-2-4-19(23)25/h2-8,15H,9-14H2,1H3. The Morgan fingerprint density at radius 3 is 2.30 bits per heavy atom. The number of hydrogen-bond acceptors (Lipinski definition) is 5. The third kappa shape index (κ3) is 4.96. The van der Waals surface area contributed by atoms with Crippen LogP contribution >= 0.6 is 0 Å². The fourth-order valence-corrected chi connectivity index (χ4v) is 5.22. The van der Waals surface area contributed by atoms with Crippen molar-refractivity contribution in [3.8, 4) is 11.3 Å². The van der Waals surface area contributed by atoms with Gasteiger partial charge in [-0.25, -0.2) is 22.2 Å². The fraction of sp³-hybridized carbons (Fsp3) is 0.304. The summed E-state index contributed by atoms with van der Waals surface area (Å²) in [5.41, 5.74) is 2.03. The Labute approximate surface area is 190 Å². The van der Waals surface area contributed by atoms with Crippen LogP contribution in [-0.2, 0) is 21.2 Å². The van der Waals surface area contributed by atoms with Crippen molar-refractivity contribution in [2.45, 2.75) is 24.7 Å². The highest BCUT2D eigenvalue weighted by molar-refractivity contribution is 7.89. The molecule has 0 unspecified atom stereocenters. The number of amides is 1. The lowest BCUT2D eigenvalue weighted by molar-refractivity contribution is -0.132. The van der Waals surface area contributed by atoms with Crippen LogP contribution in [0, 0.1) is 18.6 Å². The molecule has 7 nitrogen and oxygen atoms in total. The van der Waals surface area contributed by atoms with E-state index in [0.717, 1.165) is 33.6 Å². The predicted molar refractivity (Wildman–Crippen MR) is 117 cm³/mol. The van der Waals surface area contributed by atoms with Gasteiger partial charge in [0.2, 0.25) is 15.9 Å². The zero-order chi connectivity index (χ0) is 23.6. The van der Waals surface area contributed by atoms with Gasteiger partial charge in [-0.3, -0.25) is 4.79 Å². The fourth-order valence-electron chi connectivity index (χ4n) is 3.69. The van der Waals surface area contributed by atoms with Crippen molar-refractivity contribution in [1.29, 1.82) is 0 Å². The van der Waals surface area contributed by atoms with E-state index in [1.54, 1.807) is 6.20 Å². The molecule has 0 N–H and O–H groups in total. The second kappa shape index (κ2) is 9.40. The van der Waals surface area contributed by atoms with Gasteiger partial charge in [0.15, 0.2) is 16.5 Å². The highest BCUT2D eigenvalue weighted by Gasteiger charge is 2.34. The van der Waals surface area contributed by atoms with Gasteiger partial charge in [-0.15, -0.1) is 0 Å². The lowest BCUT2D eigenvalue weighted by Gasteiger charge is -2.34. The topological polar surface area (TPSA) is 83.7 Å². The van der Waals surface area contributed by atoms with Gasteiger partial charge in [-0.05, 0) is 19.1 Å². The number of benzene rings is 2. The van der Waals surface area contributed by atoms with E-state index in [2.05, 4.69) is 4.98 Å². The summed E-state index contributed by atoms with van der Waals surface area (Å²) in [5, 5.41) is 0. The molecule has 2 aromatic carbocycles. The average molecular weight is 476 g/mol. The molecule has 1 aromatic heterocycles. The van der Waals surface area contributed by atoms with Crippen molar-refractivity contribution in [3.63, 3.8) is 0 Å². The molecule has 2 heterocycles. The van der Waals surface area contributed by atoms with Crippen molar-refractivity contribution >= 4 is 15.9 Å². The lowest BCUT2D eigenvalue weighted by Crippen LogP contribution is -2.50. The van der Waals surface area contributed by atoms with E-state index in [4.69, 9.17) is 4.42 Å². The number of aryl methyl sites for hydroxylation is 2. The molecule has 0 radical (unpaired) electrons. The van der Waals surface area contributed by atoms with Crippen LogP contribution in [0.1, 0.15) is 17.9 Å². The number of aromatic nitrogens is 1. The summed E-state index contributed by atoms with van der Waals surface area (Å²) in [5.74, 6) is -1.38. The minimum absolute atomic E-state index is 0.0432. The van der Waals surface area contributed by atoms with Gasteiger partial charge < -0.3 is 9.32 Å². The number of oxazole rings is 1. The number of halogens is 2. The first-order valence-electron chi connectivity index (χ1n) is 10.5. The van der Waals surface area contributed by atoms with E-state index in [9.17, 15) is 22.0 Å². The Morgan fingerprint density at radius 2 is 1.67 bits per heavy atom. The van der Waals surface area contributed by atoms with Gasteiger partial charge in [-0.1, -0.05) is 35.9 Å². The zero-order valence-corrected chi connectivity index (χ0v) is 18.8. The van der Waals surface area contributed by atoms with Crippen LogP contribution < -0.4 is 0 Å². The number of carbonyl (C=O) groups is 1. The minimum Gasteiger partial charge on any atom is -0.441 e. The van der Waals surface area contributed by atoms with Crippen LogP contribution in [0.5, 0.6) is 0 Å². The van der Waals surface area contributed by atoms with Gasteiger partial charge in [0.25, 0.3) is 0 Å². The summed E-state index contributed by atoms with van der Waals surface area (Å²) in [6.45, 7) is 2.17. The number of nitrogens with zero attached hydrogens (tertiary/aromatic N) is 3. The second-order valence-electron chi connectivity index (χ2n) is 7.82. The van der Waals surface area contributed by atoms with Gasteiger partial charge in [0.1, 0.15) is 11.6 Å². The third-order valence-electron chi connectivity index (χ3n) is 5.55. The summed E-state index contributed by atoms with van der Waals surface area (Å²) < 4.78 is 60.0. The molecular weight excluding hydrogens is 452 g/mol. The molecule has 4 rings (SSSR count). The molecule has 0 spiro atoms. The number of piperazine rings is 1. The Balaban J connectivity index is 1.32. The van der Waals surface area contributed by atoms with Crippen molar-refractivity contribution in [1.82, 2.24) is 14.2 Å². The quantitative estimate of drug-likeness (QED) is 0.546. The Kier molecular flexibility index (Phi) is 6.57. The molecule has 10 heteroatoms. The van der Waals surface area contributed by atoms with E-state index >= 15 is 0 Å². The molecule has 1 amide bonds. The molecule has 1 aliphatic rings. The Morgan fingerprint density at radius 1 is 1.03 bits per heavy atom. The summed E-state index contributed by atoms with van der Waals surface area (Å²) in [6.07, 6.45) is 2.09. The van der Waals surface area contributed by atoms with E-state index in [1.807, 2.05) is 31.2 Å². The third-order valence-corrected chi connectivity index (χ3v) is 7.50. The van der Waals surface area contributed by atoms with Crippen LogP contribution in [-0.4, -0.2) is 54.7 Å². The Hall–Kier alpha value is -3.11. The Bertz CT molecular complexity index is 1230. The highest BCUT2D eigenvalue weighted by Crippen LogP contribution is 2.24. The summed E-state index contributed by atoms with van der Waals surface area (Å²) in [4.78, 5) is 17.4. The van der Waals surface area contributed by atoms with Crippen molar-refractivity contribution in [2.24, 2.45) is 0 Å². The van der Waals surface area contributed by atoms with E-state index < -0.39 is 26.6 Å². The first-order valence-corrected chi connectivity index (χ1v) is 11.9. The normalized spacial score (nSPS) is 15.1. The molecule has 33 heavy (non-hydrogen) atoms. The number of hydrogen-bond donors (Lipinski definition) is 0. The van der Waals surface area contributed by atoms with Crippen LogP contribution in [0.3, 0.4) is 0 Å². The molecular formula is C23H23F2N3O4S. The van der Waals surface area contributed by atoms with Gasteiger partial charge in [0.05, 0.1) is 6.20 Å². The van der Waals surface area contributed by atoms with Crippen molar-refractivity contribution < 1.29 is 26.4 Å². The number of sulfonamides is 1. The molecule has 1 saturated heterocycles. The molecule has 1 aliphatic heterocycles. The summed E-state index contributed by atoms with van der Waals surface area (Å²) in [6, 6.07) is 10.7. The summed E-state index contributed by atoms with van der Waals surface area (Å²) in [7, 11) is -4.33. The van der Waals surface area contributed by atoms with Crippen LogP contribution in [0.15, 0.2) is 58.0 Å². The van der Waals surface area contributed by atoms with Gasteiger partial charge in [-0.2, -0.15) is 4.31 Å². The number of rotatable bonds is 6. The second-order valence-corrected chi connectivity index (χ2v) is 9.69. The zero-order valence-electron chi connectivity index (χ0n) is 18.0. The molecule has 174 valence electrons. The molecule has 0 atom stereocenters. The lowest BCUT2D eigenvalue weighted by atomic mass is 10.1. The molecule has 0 saturated carbocycles. The SMILES string of the molecule is Cc1ccc(-c2cnc(CCC(=O)N3CCN(S(=O)(=O)c4c(F)cccc4F)CC3)o2)cc1. The van der Waals surface area contributed by atoms with E-state index in [-0.39, 0.29) is 38.5 Å². The molecule has 0 bridgehead atoms. The smallest absolute Gasteiger partial charge is 0.249 e. The maximum atomic E-state index is 14.0. The van der Waals surface area contributed by atoms with Crippen LogP contribution in [0.25, 0.3) is 11.3 Å². The average Bonchev–Trinajstić information content (AvgIpc) is 3.27. The first-order chi connectivity index (χ1) is 15.8. The van der Waals surface area contributed by atoms with Gasteiger partial charge in [0, 0.05) is 44.6 Å². The van der Waals surface area contributed by atoms with Crippen molar-refractivity contribution in [2.75, 3.05) is 26.2 Å². The largest absolute Gasteiger partial charge is 0.441 e. The monoisotopic (exact) mass is 475 g/mol. The van der Waals surface area contributed by atoms with Gasteiger partial charge >= 0.3 is 0 Å². The number of carbonyl (C=O) groups excluding carboxylic acids is 1. The highest BCUT2D eigenvalue weighted by atomic mass is 32.2. The minimum atomic E-state index is -4.33. The van der Waals surface area contributed by atoms with E-state index in [0.29, 0.717) is 18.1 Å². The summed E-state index contributed by atoms with van der Waals surface area (Å²) >= 11 is 0. The van der Waals surface area contributed by atoms with E-state index in [1.165, 1.54) is 4.90 Å². The van der Waals surface area contributed by atoms with Crippen LogP contribution in [0.2, 0.25) is 0 Å².